The van der Waals surface area contributed by atoms with Gasteiger partial charge in [0.1, 0.15) is 0 Å². The molecule has 0 aliphatic carbocycles. The van der Waals surface area contributed by atoms with Crippen LogP contribution < -0.4 is 0 Å². The van der Waals surface area contributed by atoms with Gasteiger partial charge in [-0.05, 0) is 18.3 Å². The maximum atomic E-state index is 2.86. The lowest BCUT2D eigenvalue weighted by Crippen LogP contribution is -2.11. The van der Waals surface area contributed by atoms with Gasteiger partial charge in [0.15, 0.2) is 0 Å². The van der Waals surface area contributed by atoms with E-state index in [1.165, 1.54) is 141 Å². The van der Waals surface area contributed by atoms with E-state index >= 15 is 0 Å². The molecule has 1 unspecified atom stereocenters. The Morgan fingerprint density at radius 2 is 0.621 bits per heavy atom. The first-order valence-corrected chi connectivity index (χ1v) is 14.1. The van der Waals surface area contributed by atoms with E-state index in [9.17, 15) is 0 Å². The summed E-state index contributed by atoms with van der Waals surface area (Å²) in [7, 11) is 0. The summed E-state index contributed by atoms with van der Waals surface area (Å²) in [5.41, 5.74) is 0. The van der Waals surface area contributed by atoms with Crippen molar-refractivity contribution in [2.45, 2.75) is 169 Å². The molecule has 0 heterocycles. The molecule has 1 atom stereocenters. The van der Waals surface area contributed by atoms with Gasteiger partial charge < -0.3 is 0 Å². The number of unbranched alkanes of at least 4 members (excludes halogenated alkanes) is 14. The van der Waals surface area contributed by atoms with Crippen LogP contribution in [0, 0.1) is 18.3 Å². The molecule has 0 saturated carbocycles. The van der Waals surface area contributed by atoms with Crippen LogP contribution in [0.3, 0.4) is 0 Å². The van der Waals surface area contributed by atoms with Crippen LogP contribution in [0.25, 0.3) is 0 Å². The number of hydrogen-bond donors (Lipinski definition) is 0. The van der Waals surface area contributed by atoms with Crippen LogP contribution in [-0.4, -0.2) is 0 Å². The highest BCUT2D eigenvalue weighted by molar-refractivity contribution is 4.84. The van der Waals surface area contributed by atoms with Gasteiger partial charge in [0, 0.05) is 0 Å². The molecular formula is C29H59. The zero-order valence-corrected chi connectivity index (χ0v) is 21.3. The molecule has 0 aromatic carbocycles. The van der Waals surface area contributed by atoms with Crippen molar-refractivity contribution in [1.29, 1.82) is 0 Å². The van der Waals surface area contributed by atoms with E-state index < -0.39 is 0 Å². The summed E-state index contributed by atoms with van der Waals surface area (Å²) < 4.78 is 0. The minimum atomic E-state index is 0.900. The normalized spacial score (nSPS) is 12.7. The second-order valence-electron chi connectivity index (χ2n) is 9.82. The molecule has 0 nitrogen and oxygen atoms in total. The van der Waals surface area contributed by atoms with Crippen molar-refractivity contribution in [3.63, 3.8) is 0 Å². The first-order chi connectivity index (χ1) is 14.3. The van der Waals surface area contributed by atoms with Gasteiger partial charge in [0.05, 0.1) is 0 Å². The molecule has 175 valence electrons. The highest BCUT2D eigenvalue weighted by atomic mass is 14.2. The van der Waals surface area contributed by atoms with Crippen molar-refractivity contribution in [3.05, 3.63) is 6.42 Å². The largest absolute Gasteiger partial charge is 0.0654 e. The fourth-order valence-corrected chi connectivity index (χ4v) is 4.73. The van der Waals surface area contributed by atoms with Crippen molar-refractivity contribution in [2.24, 2.45) is 11.8 Å². The van der Waals surface area contributed by atoms with E-state index in [0.29, 0.717) is 0 Å². The van der Waals surface area contributed by atoms with Crippen LogP contribution >= 0.6 is 0 Å². The maximum absolute atomic E-state index is 2.86. The van der Waals surface area contributed by atoms with Crippen molar-refractivity contribution < 1.29 is 0 Å². The van der Waals surface area contributed by atoms with Crippen LogP contribution in [0.4, 0.5) is 0 Å². The summed E-state index contributed by atoms with van der Waals surface area (Å²) in [5, 5.41) is 0. The highest BCUT2D eigenvalue weighted by Gasteiger charge is 2.16. The molecule has 0 aromatic heterocycles. The van der Waals surface area contributed by atoms with Crippen molar-refractivity contribution in [1.82, 2.24) is 0 Å². The molecule has 0 saturated heterocycles. The summed E-state index contributed by atoms with van der Waals surface area (Å²) in [5.74, 6) is 1.80. The van der Waals surface area contributed by atoms with Crippen molar-refractivity contribution in [2.75, 3.05) is 0 Å². The molecule has 0 heteroatoms. The molecule has 0 aliphatic heterocycles. The quantitative estimate of drug-likeness (QED) is 0.139. The smallest absolute Gasteiger partial charge is 0.0324 e. The van der Waals surface area contributed by atoms with Gasteiger partial charge in [0.25, 0.3) is 0 Å². The van der Waals surface area contributed by atoms with Crippen LogP contribution in [-0.2, 0) is 0 Å². The third kappa shape index (κ3) is 21.0. The summed E-state index contributed by atoms with van der Waals surface area (Å²) in [6.07, 6.45) is 34.5. The van der Waals surface area contributed by atoms with Crippen LogP contribution in [0.1, 0.15) is 169 Å². The van der Waals surface area contributed by atoms with Crippen LogP contribution in [0.5, 0.6) is 0 Å². The third-order valence-electron chi connectivity index (χ3n) is 6.76. The number of rotatable bonds is 24. The SMILES string of the molecule is CCCCCCCCC([CH]C(CCCCCCC)CCCCCCC)CCCC. The Hall–Kier alpha value is 0. The summed E-state index contributed by atoms with van der Waals surface area (Å²) in [4.78, 5) is 0. The molecule has 0 spiro atoms. The average molecular weight is 408 g/mol. The Labute approximate surface area is 187 Å². The first kappa shape index (κ1) is 29.0. The highest BCUT2D eigenvalue weighted by Crippen LogP contribution is 2.30. The van der Waals surface area contributed by atoms with Gasteiger partial charge in [-0.2, -0.15) is 0 Å². The molecule has 29 heavy (non-hydrogen) atoms. The topological polar surface area (TPSA) is 0 Å². The van der Waals surface area contributed by atoms with Crippen LogP contribution in [0.2, 0.25) is 0 Å². The van der Waals surface area contributed by atoms with E-state index in [2.05, 4.69) is 34.1 Å². The lowest BCUT2D eigenvalue weighted by molar-refractivity contribution is 0.367. The fraction of sp³-hybridized carbons (Fsp3) is 0.966. The average Bonchev–Trinajstić information content (AvgIpc) is 2.73. The zero-order chi connectivity index (χ0) is 21.4. The monoisotopic (exact) mass is 407 g/mol. The summed E-state index contributed by atoms with van der Waals surface area (Å²) in [6, 6.07) is 0. The zero-order valence-electron chi connectivity index (χ0n) is 21.3. The first-order valence-electron chi connectivity index (χ1n) is 14.1. The van der Waals surface area contributed by atoms with Crippen molar-refractivity contribution in [3.8, 4) is 0 Å². The van der Waals surface area contributed by atoms with Gasteiger partial charge >= 0.3 is 0 Å². The van der Waals surface area contributed by atoms with Gasteiger partial charge in [-0.3, -0.25) is 0 Å². The molecular weight excluding hydrogens is 348 g/mol. The molecule has 0 aliphatic rings. The maximum Gasteiger partial charge on any atom is -0.0324 e. The fourth-order valence-electron chi connectivity index (χ4n) is 4.73. The predicted molar refractivity (Wildman–Crippen MR) is 136 cm³/mol. The second-order valence-corrected chi connectivity index (χ2v) is 9.82. The number of hydrogen-bond acceptors (Lipinski definition) is 0. The Balaban J connectivity index is 4.36. The van der Waals surface area contributed by atoms with Gasteiger partial charge in [-0.15, -0.1) is 0 Å². The van der Waals surface area contributed by atoms with Gasteiger partial charge in [-0.25, -0.2) is 0 Å². The summed E-state index contributed by atoms with van der Waals surface area (Å²) in [6.45, 7) is 9.34. The van der Waals surface area contributed by atoms with Gasteiger partial charge in [0.2, 0.25) is 0 Å². The molecule has 0 bridgehead atoms. The minimum Gasteiger partial charge on any atom is -0.0654 e. The van der Waals surface area contributed by atoms with Crippen LogP contribution in [0.15, 0.2) is 0 Å². The molecule has 0 amide bonds. The Kier molecular flexibility index (Phi) is 24.3. The third-order valence-corrected chi connectivity index (χ3v) is 6.76. The molecule has 0 fully saturated rings. The summed E-state index contributed by atoms with van der Waals surface area (Å²) >= 11 is 0. The van der Waals surface area contributed by atoms with E-state index in [1.807, 2.05) is 0 Å². The van der Waals surface area contributed by atoms with Gasteiger partial charge in [-0.1, -0.05) is 169 Å². The molecule has 1 radical (unpaired) electrons. The minimum absolute atomic E-state index is 0.900. The lowest BCUT2D eigenvalue weighted by atomic mass is 9.82. The Bertz CT molecular complexity index is 268. The van der Waals surface area contributed by atoms with E-state index in [0.717, 1.165) is 11.8 Å². The van der Waals surface area contributed by atoms with E-state index in [-0.39, 0.29) is 0 Å². The molecule has 0 aromatic rings. The Morgan fingerprint density at radius 3 is 0.966 bits per heavy atom. The van der Waals surface area contributed by atoms with Crippen molar-refractivity contribution >= 4 is 0 Å². The predicted octanol–water partition coefficient (Wildman–Crippen LogP) is 11.1. The second kappa shape index (κ2) is 24.3. The Morgan fingerprint density at radius 1 is 0.345 bits per heavy atom. The van der Waals surface area contributed by atoms with E-state index in [4.69, 9.17) is 0 Å². The standard InChI is InChI=1S/C29H59/c1-5-9-13-16-19-22-24-28(23-12-8-4)27-29(25-20-17-14-10-6-2)26-21-18-15-11-7-3/h27-29H,5-26H2,1-4H3. The van der Waals surface area contributed by atoms with E-state index in [1.54, 1.807) is 0 Å². The molecule has 0 N–H and O–H groups in total. The lowest BCUT2D eigenvalue weighted by Gasteiger charge is -2.24. The molecule has 0 rings (SSSR count).